The topological polar surface area (TPSA) is 60.4 Å². The van der Waals surface area contributed by atoms with Gasteiger partial charge in [-0.15, -0.1) is 24.0 Å². The van der Waals surface area contributed by atoms with Gasteiger partial charge >= 0.3 is 0 Å². The van der Waals surface area contributed by atoms with Crippen molar-refractivity contribution < 1.29 is 9.53 Å². The van der Waals surface area contributed by atoms with Crippen molar-refractivity contribution in [3.63, 3.8) is 0 Å². The number of nitrogens with zero attached hydrogens (tertiary/aromatic N) is 4. The lowest BCUT2D eigenvalue weighted by Gasteiger charge is -2.37. The number of carbonyl (C=O) groups excluding carboxylic acids is 1. The zero-order valence-electron chi connectivity index (χ0n) is 19.2. The van der Waals surface area contributed by atoms with E-state index in [4.69, 9.17) is 9.73 Å². The smallest absolute Gasteiger partial charge is 0.251 e. The van der Waals surface area contributed by atoms with Crippen LogP contribution < -0.4 is 10.2 Å². The van der Waals surface area contributed by atoms with E-state index in [0.29, 0.717) is 6.61 Å². The monoisotopic (exact) mass is 543 g/mol. The van der Waals surface area contributed by atoms with Crippen LogP contribution in [-0.4, -0.2) is 87.7 Å². The number of piperazine rings is 1. The Bertz CT molecular complexity index is 696. The van der Waals surface area contributed by atoms with E-state index in [2.05, 4.69) is 60.4 Å². The van der Waals surface area contributed by atoms with Crippen molar-refractivity contribution in [2.45, 2.75) is 38.7 Å². The molecule has 2 heterocycles. The predicted octanol–water partition coefficient (Wildman–Crippen LogP) is 2.59. The molecule has 3 rings (SSSR count). The molecule has 1 unspecified atom stereocenters. The van der Waals surface area contributed by atoms with Gasteiger partial charge in [-0.25, -0.2) is 0 Å². The summed E-state index contributed by atoms with van der Waals surface area (Å²) in [6, 6.07) is 8.74. The molecule has 0 bridgehead atoms. The molecule has 1 amide bonds. The summed E-state index contributed by atoms with van der Waals surface area (Å²) in [5.74, 6) is 1.12. The largest absolute Gasteiger partial charge is 0.378 e. The second-order valence-corrected chi connectivity index (χ2v) is 8.21. The van der Waals surface area contributed by atoms with Crippen LogP contribution >= 0.6 is 24.0 Å². The standard InChI is InChI=1S/C23H37N5O2.HI/c1-4-24-23(25-13-5-7-19-9-11-20(12-10-19)26(2)3)28-16-14-27(15-17-28)22(29)21-8-6-18-30-21;/h9-12,21H,4-8,13-18H2,1-3H3,(H,24,25);1H. The highest BCUT2D eigenvalue weighted by Gasteiger charge is 2.30. The Morgan fingerprint density at radius 3 is 2.42 bits per heavy atom. The fourth-order valence-corrected chi connectivity index (χ4v) is 3.97. The van der Waals surface area contributed by atoms with E-state index in [0.717, 1.165) is 70.9 Å². The number of nitrogens with one attached hydrogen (secondary N) is 1. The Morgan fingerprint density at radius 2 is 1.84 bits per heavy atom. The first kappa shape index (κ1) is 25.7. The molecule has 7 nitrogen and oxygen atoms in total. The molecule has 1 atom stereocenters. The van der Waals surface area contributed by atoms with Gasteiger partial charge in [0.25, 0.3) is 5.91 Å². The van der Waals surface area contributed by atoms with Crippen molar-refractivity contribution in [2.24, 2.45) is 4.99 Å². The summed E-state index contributed by atoms with van der Waals surface area (Å²) in [6.45, 7) is 7.56. The maximum Gasteiger partial charge on any atom is 0.251 e. The minimum absolute atomic E-state index is 0. The third-order valence-electron chi connectivity index (χ3n) is 5.77. The number of hydrogen-bond donors (Lipinski definition) is 1. The van der Waals surface area contributed by atoms with Gasteiger partial charge in [0, 0.05) is 65.7 Å². The van der Waals surface area contributed by atoms with Crippen LogP contribution in [0.25, 0.3) is 0 Å². The van der Waals surface area contributed by atoms with Gasteiger partial charge in [-0.1, -0.05) is 12.1 Å². The van der Waals surface area contributed by atoms with Gasteiger partial charge in [0.15, 0.2) is 5.96 Å². The molecule has 2 saturated heterocycles. The molecule has 0 aliphatic carbocycles. The van der Waals surface area contributed by atoms with E-state index in [1.54, 1.807) is 0 Å². The number of rotatable bonds is 7. The van der Waals surface area contributed by atoms with Gasteiger partial charge in [0.1, 0.15) is 6.10 Å². The SMILES string of the molecule is CCNC(=NCCCc1ccc(N(C)C)cc1)N1CCN(C(=O)C2CCCO2)CC1.I. The number of guanidine groups is 1. The summed E-state index contributed by atoms with van der Waals surface area (Å²) in [5, 5.41) is 3.41. The first-order valence-electron chi connectivity index (χ1n) is 11.3. The number of halogens is 1. The highest BCUT2D eigenvalue weighted by Crippen LogP contribution is 2.16. The van der Waals surface area contributed by atoms with E-state index in [1.807, 2.05) is 4.90 Å². The Labute approximate surface area is 204 Å². The van der Waals surface area contributed by atoms with Gasteiger partial charge in [-0.3, -0.25) is 9.79 Å². The van der Waals surface area contributed by atoms with Crippen molar-refractivity contribution in [1.82, 2.24) is 15.1 Å². The second-order valence-electron chi connectivity index (χ2n) is 8.21. The predicted molar refractivity (Wildman–Crippen MR) is 138 cm³/mol. The molecule has 31 heavy (non-hydrogen) atoms. The first-order valence-corrected chi connectivity index (χ1v) is 11.3. The lowest BCUT2D eigenvalue weighted by Crippen LogP contribution is -2.55. The van der Waals surface area contributed by atoms with Gasteiger partial charge < -0.3 is 24.8 Å². The lowest BCUT2D eigenvalue weighted by atomic mass is 10.1. The van der Waals surface area contributed by atoms with Gasteiger partial charge in [0.05, 0.1) is 0 Å². The Morgan fingerprint density at radius 1 is 1.16 bits per heavy atom. The minimum atomic E-state index is -0.217. The highest BCUT2D eigenvalue weighted by atomic mass is 127. The van der Waals surface area contributed by atoms with Crippen LogP contribution in [-0.2, 0) is 16.0 Å². The number of anilines is 1. The van der Waals surface area contributed by atoms with Crippen molar-refractivity contribution >= 4 is 41.5 Å². The molecule has 1 aromatic rings. The molecule has 0 radical (unpaired) electrons. The van der Waals surface area contributed by atoms with E-state index in [1.165, 1.54) is 11.3 Å². The van der Waals surface area contributed by atoms with Crippen LogP contribution in [0.1, 0.15) is 31.7 Å². The summed E-state index contributed by atoms with van der Waals surface area (Å²) < 4.78 is 5.56. The molecule has 0 saturated carbocycles. The molecule has 1 aromatic carbocycles. The van der Waals surface area contributed by atoms with Crippen LogP contribution in [0.4, 0.5) is 5.69 Å². The molecule has 8 heteroatoms. The van der Waals surface area contributed by atoms with E-state index in [9.17, 15) is 4.79 Å². The van der Waals surface area contributed by atoms with Gasteiger partial charge in [-0.2, -0.15) is 0 Å². The number of aryl methyl sites for hydroxylation is 1. The van der Waals surface area contributed by atoms with Gasteiger partial charge in [0.2, 0.25) is 0 Å². The second kappa shape index (κ2) is 13.1. The first-order chi connectivity index (χ1) is 14.6. The van der Waals surface area contributed by atoms with Crippen LogP contribution in [0.3, 0.4) is 0 Å². The fraction of sp³-hybridized carbons (Fsp3) is 0.652. The van der Waals surface area contributed by atoms with E-state index < -0.39 is 0 Å². The fourth-order valence-electron chi connectivity index (χ4n) is 3.97. The summed E-state index contributed by atoms with van der Waals surface area (Å²) in [7, 11) is 4.12. The average molecular weight is 543 g/mol. The molecule has 1 N–H and O–H groups in total. The summed E-state index contributed by atoms with van der Waals surface area (Å²) in [4.78, 5) is 23.7. The zero-order valence-corrected chi connectivity index (χ0v) is 21.5. The number of amides is 1. The number of hydrogen-bond acceptors (Lipinski definition) is 4. The van der Waals surface area contributed by atoms with Crippen molar-refractivity contribution in [3.05, 3.63) is 29.8 Å². The van der Waals surface area contributed by atoms with E-state index >= 15 is 0 Å². The Hall–Kier alpha value is -1.55. The molecular formula is C23H38IN5O2. The Kier molecular flexibility index (Phi) is 10.9. The van der Waals surface area contributed by atoms with Crippen molar-refractivity contribution in [2.75, 3.05) is 64.9 Å². The normalized spacial score (nSPS) is 19.2. The molecule has 2 aliphatic rings. The zero-order chi connectivity index (χ0) is 21.3. The minimum Gasteiger partial charge on any atom is -0.378 e. The van der Waals surface area contributed by atoms with Crippen molar-refractivity contribution in [3.8, 4) is 0 Å². The van der Waals surface area contributed by atoms with Gasteiger partial charge in [-0.05, 0) is 50.3 Å². The maximum atomic E-state index is 12.5. The van der Waals surface area contributed by atoms with E-state index in [-0.39, 0.29) is 36.0 Å². The van der Waals surface area contributed by atoms with Crippen LogP contribution in [0, 0.1) is 0 Å². The highest BCUT2D eigenvalue weighted by molar-refractivity contribution is 14.0. The third-order valence-corrected chi connectivity index (χ3v) is 5.77. The molecule has 0 spiro atoms. The number of ether oxygens (including phenoxy) is 1. The molecule has 174 valence electrons. The lowest BCUT2D eigenvalue weighted by molar-refractivity contribution is -0.142. The summed E-state index contributed by atoms with van der Waals surface area (Å²) >= 11 is 0. The molecule has 0 aromatic heterocycles. The summed E-state index contributed by atoms with van der Waals surface area (Å²) in [5.41, 5.74) is 2.57. The number of benzene rings is 1. The van der Waals surface area contributed by atoms with Crippen molar-refractivity contribution in [1.29, 1.82) is 0 Å². The molecular weight excluding hydrogens is 505 g/mol. The van der Waals surface area contributed by atoms with Crippen LogP contribution in [0.2, 0.25) is 0 Å². The maximum absolute atomic E-state index is 12.5. The van der Waals surface area contributed by atoms with Crippen LogP contribution in [0.5, 0.6) is 0 Å². The summed E-state index contributed by atoms with van der Waals surface area (Å²) in [6.07, 6.45) is 3.69. The number of aliphatic imine (C=N–C) groups is 1. The quantitative estimate of drug-likeness (QED) is 0.248. The number of carbonyl (C=O) groups is 1. The average Bonchev–Trinajstić information content (AvgIpc) is 3.31. The van der Waals surface area contributed by atoms with Crippen LogP contribution in [0.15, 0.2) is 29.3 Å². The molecule has 2 aliphatic heterocycles. The molecule has 2 fully saturated rings. The third kappa shape index (κ3) is 7.52. The Balaban J connectivity index is 0.00000341.